The zero-order valence-corrected chi connectivity index (χ0v) is 11.0. The highest BCUT2D eigenvalue weighted by molar-refractivity contribution is 5.85. The van der Waals surface area contributed by atoms with Gasteiger partial charge in [0.25, 0.3) is 0 Å². The number of rotatable bonds is 4. The molecular weight excluding hydrogens is 234 g/mol. The van der Waals surface area contributed by atoms with Gasteiger partial charge in [0.05, 0.1) is 0 Å². The molecule has 0 bridgehead atoms. The van der Waals surface area contributed by atoms with E-state index in [-0.39, 0.29) is 5.91 Å². The first-order chi connectivity index (χ1) is 9.25. The number of carbonyl (C=O) groups is 1. The van der Waals surface area contributed by atoms with Gasteiger partial charge >= 0.3 is 0 Å². The number of hydrogen-bond donors (Lipinski definition) is 1. The van der Waals surface area contributed by atoms with Gasteiger partial charge < -0.3 is 5.32 Å². The van der Waals surface area contributed by atoms with Crippen LogP contribution >= 0.6 is 0 Å². The molecule has 0 aliphatic rings. The predicted molar refractivity (Wildman–Crippen MR) is 79.4 cm³/mol. The molecule has 2 nitrogen and oxygen atoms in total. The summed E-state index contributed by atoms with van der Waals surface area (Å²) in [5.74, 6) is -0.0186. The summed E-state index contributed by atoms with van der Waals surface area (Å²) in [6.45, 7) is 2.07. The molecule has 0 aromatic heterocycles. The second-order valence-corrected chi connectivity index (χ2v) is 4.36. The van der Waals surface area contributed by atoms with Crippen LogP contribution in [0, 0.1) is 0 Å². The van der Waals surface area contributed by atoms with E-state index in [1.54, 1.807) is 0 Å². The van der Waals surface area contributed by atoms with Crippen LogP contribution in [0.1, 0.15) is 18.1 Å². The van der Waals surface area contributed by atoms with E-state index in [2.05, 4.69) is 35.7 Å². The standard InChI is InChI=1S/C17H17NO/c1-14(19)18-13-17(16-10-6-3-7-11-16)12-15-8-4-2-5-9-15/h2-12H,13H2,1H3,(H,18,19)/b17-12+. The number of carbonyl (C=O) groups excluding carboxylic acids is 1. The van der Waals surface area contributed by atoms with Crippen LogP contribution < -0.4 is 5.32 Å². The first-order valence-corrected chi connectivity index (χ1v) is 6.31. The van der Waals surface area contributed by atoms with Gasteiger partial charge in [-0.2, -0.15) is 0 Å². The van der Waals surface area contributed by atoms with Gasteiger partial charge in [-0.1, -0.05) is 60.7 Å². The maximum atomic E-state index is 11.1. The van der Waals surface area contributed by atoms with E-state index in [1.165, 1.54) is 6.92 Å². The lowest BCUT2D eigenvalue weighted by Crippen LogP contribution is -2.21. The Balaban J connectivity index is 2.29. The average molecular weight is 251 g/mol. The normalized spacial score (nSPS) is 11.1. The SMILES string of the molecule is CC(=O)NC/C(=C\c1ccccc1)c1ccccc1. The minimum Gasteiger partial charge on any atom is -0.352 e. The Bertz CT molecular complexity index is 558. The molecule has 19 heavy (non-hydrogen) atoms. The van der Waals surface area contributed by atoms with Crippen molar-refractivity contribution in [1.29, 1.82) is 0 Å². The Hall–Kier alpha value is -2.35. The van der Waals surface area contributed by atoms with Gasteiger partial charge in [-0.15, -0.1) is 0 Å². The van der Waals surface area contributed by atoms with E-state index < -0.39 is 0 Å². The molecule has 0 saturated carbocycles. The fourth-order valence-electron chi connectivity index (χ4n) is 1.86. The van der Waals surface area contributed by atoms with Crippen molar-refractivity contribution in [2.24, 2.45) is 0 Å². The maximum Gasteiger partial charge on any atom is 0.217 e. The largest absolute Gasteiger partial charge is 0.352 e. The summed E-state index contributed by atoms with van der Waals surface area (Å²) in [5.41, 5.74) is 3.36. The highest BCUT2D eigenvalue weighted by Gasteiger charge is 2.02. The molecule has 0 unspecified atom stereocenters. The lowest BCUT2D eigenvalue weighted by molar-refractivity contribution is -0.118. The molecule has 0 atom stereocenters. The molecule has 0 aliphatic heterocycles. The van der Waals surface area contributed by atoms with E-state index in [9.17, 15) is 4.79 Å². The molecular formula is C17H17NO. The fourth-order valence-corrected chi connectivity index (χ4v) is 1.86. The molecule has 96 valence electrons. The second-order valence-electron chi connectivity index (χ2n) is 4.36. The van der Waals surface area contributed by atoms with Crippen molar-refractivity contribution in [2.45, 2.75) is 6.92 Å². The van der Waals surface area contributed by atoms with E-state index in [4.69, 9.17) is 0 Å². The van der Waals surface area contributed by atoms with Crippen molar-refractivity contribution in [2.75, 3.05) is 6.54 Å². The van der Waals surface area contributed by atoms with Gasteiger partial charge in [0.1, 0.15) is 0 Å². The predicted octanol–water partition coefficient (Wildman–Crippen LogP) is 3.36. The van der Waals surface area contributed by atoms with Crippen LogP contribution in [0.4, 0.5) is 0 Å². The van der Waals surface area contributed by atoms with Gasteiger partial charge in [0, 0.05) is 13.5 Å². The average Bonchev–Trinajstić information content (AvgIpc) is 2.45. The summed E-state index contributed by atoms with van der Waals surface area (Å²) in [5, 5.41) is 2.86. The van der Waals surface area contributed by atoms with Crippen LogP contribution in [0.15, 0.2) is 60.7 Å². The Kier molecular flexibility index (Phi) is 4.51. The molecule has 1 N–H and O–H groups in total. The molecule has 0 fully saturated rings. The summed E-state index contributed by atoms with van der Waals surface area (Å²) < 4.78 is 0. The summed E-state index contributed by atoms with van der Waals surface area (Å²) >= 11 is 0. The first-order valence-electron chi connectivity index (χ1n) is 6.31. The molecule has 0 aliphatic carbocycles. The number of amides is 1. The molecule has 0 saturated heterocycles. The van der Waals surface area contributed by atoms with E-state index in [1.807, 2.05) is 36.4 Å². The van der Waals surface area contributed by atoms with Gasteiger partial charge in [0.15, 0.2) is 0 Å². The molecule has 2 aromatic carbocycles. The molecule has 2 rings (SSSR count). The minimum absolute atomic E-state index is 0.0186. The van der Waals surface area contributed by atoms with Crippen LogP contribution in [0.5, 0.6) is 0 Å². The quantitative estimate of drug-likeness (QED) is 0.829. The summed E-state index contributed by atoms with van der Waals surface area (Å²) in [6.07, 6.45) is 2.10. The first kappa shape index (κ1) is 13.1. The monoisotopic (exact) mass is 251 g/mol. The van der Waals surface area contributed by atoms with Gasteiger partial charge in [-0.05, 0) is 22.8 Å². The van der Waals surface area contributed by atoms with Gasteiger partial charge in [-0.3, -0.25) is 4.79 Å². The van der Waals surface area contributed by atoms with Gasteiger partial charge in [0.2, 0.25) is 5.91 Å². The van der Waals surface area contributed by atoms with Crippen LogP contribution in [0.2, 0.25) is 0 Å². The molecule has 0 heterocycles. The van der Waals surface area contributed by atoms with E-state index in [0.717, 1.165) is 16.7 Å². The lowest BCUT2D eigenvalue weighted by atomic mass is 10.0. The third kappa shape index (κ3) is 4.11. The van der Waals surface area contributed by atoms with Crippen LogP contribution in [0.3, 0.4) is 0 Å². The summed E-state index contributed by atoms with van der Waals surface area (Å²) in [7, 11) is 0. The Labute approximate surface area is 113 Å². The van der Waals surface area contributed by atoms with Crippen LogP contribution in [-0.2, 0) is 4.79 Å². The third-order valence-corrected chi connectivity index (χ3v) is 2.81. The fraction of sp³-hybridized carbons (Fsp3) is 0.118. The molecule has 2 aromatic rings. The summed E-state index contributed by atoms with van der Waals surface area (Å²) in [4.78, 5) is 11.1. The van der Waals surface area contributed by atoms with Crippen molar-refractivity contribution >= 4 is 17.6 Å². The van der Waals surface area contributed by atoms with Crippen molar-refractivity contribution in [3.05, 3.63) is 71.8 Å². The second kappa shape index (κ2) is 6.55. The Morgan fingerprint density at radius 1 is 1.00 bits per heavy atom. The summed E-state index contributed by atoms with van der Waals surface area (Å²) in [6, 6.07) is 20.2. The Morgan fingerprint density at radius 3 is 2.16 bits per heavy atom. The number of benzene rings is 2. The zero-order valence-electron chi connectivity index (χ0n) is 11.0. The number of hydrogen-bond acceptors (Lipinski definition) is 1. The topological polar surface area (TPSA) is 29.1 Å². The minimum atomic E-state index is -0.0186. The van der Waals surface area contributed by atoms with Crippen molar-refractivity contribution in [3.63, 3.8) is 0 Å². The highest BCUT2D eigenvalue weighted by Crippen LogP contribution is 2.17. The zero-order chi connectivity index (χ0) is 13.5. The van der Waals surface area contributed by atoms with E-state index >= 15 is 0 Å². The molecule has 2 heteroatoms. The van der Waals surface area contributed by atoms with Crippen molar-refractivity contribution < 1.29 is 4.79 Å². The molecule has 0 radical (unpaired) electrons. The maximum absolute atomic E-state index is 11.1. The Morgan fingerprint density at radius 2 is 1.58 bits per heavy atom. The van der Waals surface area contributed by atoms with Gasteiger partial charge in [-0.25, -0.2) is 0 Å². The van der Waals surface area contributed by atoms with Crippen molar-refractivity contribution in [3.8, 4) is 0 Å². The van der Waals surface area contributed by atoms with E-state index in [0.29, 0.717) is 6.54 Å². The lowest BCUT2D eigenvalue weighted by Gasteiger charge is -2.09. The number of nitrogens with one attached hydrogen (secondary N) is 1. The smallest absolute Gasteiger partial charge is 0.217 e. The molecule has 1 amide bonds. The van der Waals surface area contributed by atoms with Crippen LogP contribution in [0.25, 0.3) is 11.6 Å². The molecule has 0 spiro atoms. The highest BCUT2D eigenvalue weighted by atomic mass is 16.1. The van der Waals surface area contributed by atoms with Crippen molar-refractivity contribution in [1.82, 2.24) is 5.32 Å². The third-order valence-electron chi connectivity index (χ3n) is 2.81. The van der Waals surface area contributed by atoms with Crippen LogP contribution in [-0.4, -0.2) is 12.5 Å².